The summed E-state index contributed by atoms with van der Waals surface area (Å²) in [5.41, 5.74) is 12.0. The summed E-state index contributed by atoms with van der Waals surface area (Å²) in [6, 6.07) is 73.2. The average molecular weight is 835 g/mol. The lowest BCUT2D eigenvalue weighted by atomic mass is 10.0. The number of para-hydroxylation sites is 4. The number of aromatic nitrogens is 4. The molecule has 0 saturated carbocycles. The topological polar surface area (TPSA) is 35.6 Å². The molecule has 3 aromatic heterocycles. The van der Waals surface area contributed by atoms with Crippen molar-refractivity contribution in [2.45, 2.75) is 6.92 Å². The van der Waals surface area contributed by atoms with Gasteiger partial charge in [0.05, 0.1) is 39.1 Å². The molecule has 4 nitrogen and oxygen atoms in total. The number of nitrogens with zero attached hydrogens (tertiary/aromatic N) is 4. The standard InChI is InChI=1S/C59H42N4Si/c1-3-4-8-23-40(2)59-60-55(58-56(61-59)48-33-18-22-37-53(48)64(58,42-26-11-6-12-27-42)43-28-13-7-14-29-43)47-32-17-21-36-51(47)63-49-34-19-15-30-44(49)45-38-39-52-54(57(45)63)46-31-16-20-35-50(46)62(52)41-24-9-5-10-25-41/h3-39H,1H2,2H3/b8-4-,40-23+. The predicted molar refractivity (Wildman–Crippen MR) is 272 cm³/mol. The van der Waals surface area contributed by atoms with E-state index in [1.807, 2.05) is 12.2 Å². The van der Waals surface area contributed by atoms with Gasteiger partial charge in [-0.1, -0.05) is 195 Å². The molecule has 0 unspecified atom stereocenters. The summed E-state index contributed by atoms with van der Waals surface area (Å²) in [5.74, 6) is 0.702. The minimum Gasteiger partial charge on any atom is -0.309 e. The second-order valence-electron chi connectivity index (χ2n) is 16.5. The summed E-state index contributed by atoms with van der Waals surface area (Å²) in [6.45, 7) is 6.02. The van der Waals surface area contributed by atoms with E-state index in [2.05, 4.69) is 229 Å². The Labute approximate surface area is 373 Å². The molecule has 0 amide bonds. The smallest absolute Gasteiger partial charge is 0.185 e. The van der Waals surface area contributed by atoms with Crippen LogP contribution in [0.4, 0.5) is 0 Å². The molecular weight excluding hydrogens is 793 g/mol. The van der Waals surface area contributed by atoms with Crippen molar-refractivity contribution in [3.63, 3.8) is 0 Å². The van der Waals surface area contributed by atoms with Crippen molar-refractivity contribution >= 4 is 78.0 Å². The highest BCUT2D eigenvalue weighted by Gasteiger charge is 2.52. The molecule has 8 aromatic carbocycles. The monoisotopic (exact) mass is 834 g/mol. The van der Waals surface area contributed by atoms with Crippen molar-refractivity contribution in [1.82, 2.24) is 19.1 Å². The molecule has 0 N–H and O–H groups in total. The maximum absolute atomic E-state index is 5.79. The Morgan fingerprint density at radius 2 is 1.06 bits per heavy atom. The molecule has 302 valence electrons. The van der Waals surface area contributed by atoms with Crippen LogP contribution in [0.25, 0.3) is 83.1 Å². The zero-order valence-corrected chi connectivity index (χ0v) is 36.4. The molecular formula is C59H42N4Si. The molecule has 11 aromatic rings. The van der Waals surface area contributed by atoms with E-state index in [0.717, 1.165) is 44.9 Å². The minimum atomic E-state index is -3.06. The number of allylic oxidation sites excluding steroid dienone is 5. The molecule has 0 aliphatic carbocycles. The Bertz CT molecular complexity index is 3650. The van der Waals surface area contributed by atoms with Crippen molar-refractivity contribution in [2.24, 2.45) is 0 Å². The van der Waals surface area contributed by atoms with E-state index < -0.39 is 8.07 Å². The third-order valence-electron chi connectivity index (χ3n) is 13.1. The Hall–Kier alpha value is -8.12. The van der Waals surface area contributed by atoms with Crippen LogP contribution in [0.3, 0.4) is 0 Å². The Balaban J connectivity index is 1.25. The van der Waals surface area contributed by atoms with Gasteiger partial charge in [0.2, 0.25) is 0 Å². The maximum Gasteiger partial charge on any atom is 0.185 e. The Morgan fingerprint density at radius 1 is 0.500 bits per heavy atom. The lowest BCUT2D eigenvalue weighted by Gasteiger charge is -2.32. The van der Waals surface area contributed by atoms with Crippen LogP contribution in [0, 0.1) is 0 Å². The van der Waals surface area contributed by atoms with Crippen LogP contribution in [0.5, 0.6) is 0 Å². The van der Waals surface area contributed by atoms with E-state index in [1.54, 1.807) is 6.08 Å². The van der Waals surface area contributed by atoms with E-state index in [-0.39, 0.29) is 0 Å². The van der Waals surface area contributed by atoms with E-state index in [4.69, 9.17) is 9.97 Å². The molecule has 0 bridgehead atoms. The van der Waals surface area contributed by atoms with Crippen molar-refractivity contribution in [1.29, 1.82) is 0 Å². The highest BCUT2D eigenvalue weighted by Crippen LogP contribution is 2.44. The molecule has 5 heteroatoms. The van der Waals surface area contributed by atoms with Gasteiger partial charge in [-0.2, -0.15) is 0 Å². The average Bonchev–Trinajstić information content (AvgIpc) is 3.99. The van der Waals surface area contributed by atoms with Crippen LogP contribution in [-0.2, 0) is 0 Å². The quantitative estimate of drug-likeness (QED) is 0.113. The predicted octanol–water partition coefficient (Wildman–Crippen LogP) is 11.8. The third kappa shape index (κ3) is 5.47. The number of hydrogen-bond acceptors (Lipinski definition) is 2. The SMILES string of the molecule is C=C/C=C\C=C(/C)c1nc(-c2ccccc2-n2c3ccccc3c3ccc4c(c5ccccc5n4-c4ccccc4)c32)c2c(n1)-c1ccccc1[Si]2(c1ccccc1)c1ccccc1. The van der Waals surface area contributed by atoms with Gasteiger partial charge in [-0.05, 0) is 64.5 Å². The fourth-order valence-corrected chi connectivity index (χ4v) is 15.7. The normalized spacial score (nSPS) is 13.3. The van der Waals surface area contributed by atoms with E-state index in [9.17, 15) is 0 Å². The van der Waals surface area contributed by atoms with Crippen molar-refractivity contribution in [3.8, 4) is 33.9 Å². The summed E-state index contributed by atoms with van der Waals surface area (Å²) in [5, 5.41) is 9.98. The van der Waals surface area contributed by atoms with Crippen molar-refractivity contribution in [3.05, 3.63) is 237 Å². The largest absolute Gasteiger partial charge is 0.309 e. The van der Waals surface area contributed by atoms with Gasteiger partial charge in [0.1, 0.15) is 0 Å². The lowest BCUT2D eigenvalue weighted by molar-refractivity contribution is 1.12. The molecule has 0 radical (unpaired) electrons. The van der Waals surface area contributed by atoms with Crippen LogP contribution in [0.2, 0.25) is 0 Å². The van der Waals surface area contributed by atoms with Crippen LogP contribution in [0.1, 0.15) is 12.7 Å². The maximum atomic E-state index is 5.79. The zero-order valence-electron chi connectivity index (χ0n) is 35.4. The Morgan fingerprint density at radius 3 is 1.77 bits per heavy atom. The van der Waals surface area contributed by atoms with Gasteiger partial charge >= 0.3 is 0 Å². The van der Waals surface area contributed by atoms with E-state index in [1.165, 1.54) is 58.9 Å². The highest BCUT2D eigenvalue weighted by molar-refractivity contribution is 7.22. The summed E-state index contributed by atoms with van der Waals surface area (Å²) in [4.78, 5) is 11.4. The van der Waals surface area contributed by atoms with Crippen molar-refractivity contribution in [2.75, 3.05) is 0 Å². The van der Waals surface area contributed by atoms with Gasteiger partial charge in [0.25, 0.3) is 0 Å². The van der Waals surface area contributed by atoms with Crippen LogP contribution >= 0.6 is 0 Å². The number of fused-ring (bicyclic) bond motifs is 10. The zero-order chi connectivity index (χ0) is 42.8. The van der Waals surface area contributed by atoms with E-state index in [0.29, 0.717) is 5.82 Å². The first kappa shape index (κ1) is 37.6. The number of hydrogen-bond donors (Lipinski definition) is 0. The number of rotatable bonds is 8. The minimum absolute atomic E-state index is 0.702. The summed E-state index contributed by atoms with van der Waals surface area (Å²) >= 11 is 0. The van der Waals surface area contributed by atoms with Gasteiger partial charge in [-0.3, -0.25) is 0 Å². The molecule has 0 atom stereocenters. The molecule has 0 saturated heterocycles. The first-order valence-corrected chi connectivity index (χ1v) is 23.9. The lowest BCUT2D eigenvalue weighted by Crippen LogP contribution is -2.73. The second kappa shape index (κ2) is 15.1. The molecule has 0 fully saturated rings. The number of benzene rings is 8. The third-order valence-corrected chi connectivity index (χ3v) is 18.0. The van der Waals surface area contributed by atoms with Crippen molar-refractivity contribution < 1.29 is 0 Å². The molecule has 1 aliphatic rings. The second-order valence-corrected chi connectivity index (χ2v) is 20.2. The molecule has 12 rings (SSSR count). The summed E-state index contributed by atoms with van der Waals surface area (Å²) in [6.07, 6.45) is 7.85. The molecule has 64 heavy (non-hydrogen) atoms. The molecule has 1 aliphatic heterocycles. The summed E-state index contributed by atoms with van der Waals surface area (Å²) < 4.78 is 4.93. The van der Waals surface area contributed by atoms with Crippen LogP contribution in [-0.4, -0.2) is 27.2 Å². The fraction of sp³-hybridized carbons (Fsp3) is 0.0169. The fourth-order valence-electron chi connectivity index (χ4n) is 10.5. The van der Waals surface area contributed by atoms with Gasteiger partial charge in [-0.25, -0.2) is 9.97 Å². The summed E-state index contributed by atoms with van der Waals surface area (Å²) in [7, 11) is -3.06. The highest BCUT2D eigenvalue weighted by atomic mass is 28.3. The van der Waals surface area contributed by atoms with Gasteiger partial charge in [0.15, 0.2) is 13.9 Å². The van der Waals surface area contributed by atoms with E-state index >= 15 is 0 Å². The molecule has 4 heterocycles. The van der Waals surface area contributed by atoms with Gasteiger partial charge in [0, 0.05) is 43.5 Å². The first-order valence-electron chi connectivity index (χ1n) is 21.9. The van der Waals surface area contributed by atoms with Gasteiger partial charge in [-0.15, -0.1) is 0 Å². The van der Waals surface area contributed by atoms with Gasteiger partial charge < -0.3 is 9.13 Å². The molecule has 0 spiro atoms. The van der Waals surface area contributed by atoms with Crippen LogP contribution in [0.15, 0.2) is 231 Å². The Kier molecular flexibility index (Phi) is 8.85. The van der Waals surface area contributed by atoms with Crippen LogP contribution < -0.4 is 20.7 Å². The first-order chi connectivity index (χ1) is 31.7.